The highest BCUT2D eigenvalue weighted by Gasteiger charge is 2.44. The SMILES string of the molecule is CCCCCC/C=C\C/C=C\CCCCCCCC(=O)OCCCCCCCCCCCCCC/C=C\CCCCCCCCCCCCCCCCCC(=O)NC(COC1OC(CO)C(O)C(O)C1O)C(O)/C=C/CCCCCCCCC. The lowest BCUT2D eigenvalue weighted by Gasteiger charge is -2.40. The average Bonchev–Trinajstić information content (AvgIpc) is 3.68. The van der Waals surface area contributed by atoms with Gasteiger partial charge in [-0.3, -0.25) is 9.59 Å². The molecule has 1 rings (SSSR count). The van der Waals surface area contributed by atoms with Gasteiger partial charge in [0.1, 0.15) is 24.4 Å². The minimum Gasteiger partial charge on any atom is -0.466 e. The molecule has 1 aliphatic heterocycles. The van der Waals surface area contributed by atoms with Crippen molar-refractivity contribution in [3.63, 3.8) is 0 Å². The van der Waals surface area contributed by atoms with E-state index < -0.39 is 49.5 Å². The fourth-order valence-electron chi connectivity index (χ4n) is 11.2. The molecule has 0 aromatic rings. The molecule has 1 aliphatic rings. The van der Waals surface area contributed by atoms with Gasteiger partial charge in [0, 0.05) is 12.8 Å². The van der Waals surface area contributed by atoms with Crippen molar-refractivity contribution in [1.82, 2.24) is 5.32 Å². The Balaban J connectivity index is 1.90. The Kier molecular flexibility index (Phi) is 59.0. The van der Waals surface area contributed by atoms with Gasteiger partial charge >= 0.3 is 5.97 Å². The number of allylic oxidation sites excluding steroid dienone is 7. The molecule has 1 fully saturated rings. The van der Waals surface area contributed by atoms with Crippen LogP contribution in [0.25, 0.3) is 0 Å². The monoisotopic (exact) mass is 1190 g/mol. The van der Waals surface area contributed by atoms with E-state index in [1.54, 1.807) is 6.08 Å². The number of unbranched alkanes of at least 4 members (excludes halogenated alkanes) is 43. The van der Waals surface area contributed by atoms with E-state index in [1.165, 1.54) is 250 Å². The zero-order chi connectivity index (χ0) is 60.9. The van der Waals surface area contributed by atoms with Crippen LogP contribution in [0.15, 0.2) is 48.6 Å². The van der Waals surface area contributed by atoms with Crippen molar-refractivity contribution in [3.8, 4) is 0 Å². The minimum atomic E-state index is -1.57. The van der Waals surface area contributed by atoms with Crippen LogP contribution in [-0.2, 0) is 23.8 Å². The number of esters is 1. The van der Waals surface area contributed by atoms with Gasteiger partial charge in [-0.2, -0.15) is 0 Å². The van der Waals surface area contributed by atoms with Gasteiger partial charge in [-0.25, -0.2) is 0 Å². The fourth-order valence-corrected chi connectivity index (χ4v) is 11.2. The van der Waals surface area contributed by atoms with Crippen LogP contribution >= 0.6 is 0 Å². The summed E-state index contributed by atoms with van der Waals surface area (Å²) in [6.45, 7) is 4.32. The Morgan fingerprint density at radius 3 is 1.23 bits per heavy atom. The molecule has 7 atom stereocenters. The summed E-state index contributed by atoms with van der Waals surface area (Å²) in [4.78, 5) is 25.1. The summed E-state index contributed by atoms with van der Waals surface area (Å²) in [5, 5.41) is 54.3. The molecule has 0 radical (unpaired) electrons. The number of rotatable bonds is 63. The van der Waals surface area contributed by atoms with E-state index in [2.05, 4.69) is 55.6 Å². The second kappa shape index (κ2) is 62.2. The normalized spacial score (nSPS) is 18.3. The van der Waals surface area contributed by atoms with Gasteiger partial charge in [-0.05, 0) is 89.9 Å². The van der Waals surface area contributed by atoms with Crippen LogP contribution in [0.3, 0.4) is 0 Å². The number of hydrogen-bond acceptors (Lipinski definition) is 10. The molecule has 7 unspecified atom stereocenters. The first-order valence-electron chi connectivity index (χ1n) is 35.9. The summed E-state index contributed by atoms with van der Waals surface area (Å²) in [6.07, 6.45) is 71.2. The van der Waals surface area contributed by atoms with E-state index in [-0.39, 0.29) is 18.5 Å². The Bertz CT molecular complexity index is 1530. The Labute approximate surface area is 516 Å². The van der Waals surface area contributed by atoms with Crippen molar-refractivity contribution in [2.75, 3.05) is 19.8 Å². The minimum absolute atomic E-state index is 0.00378. The lowest BCUT2D eigenvalue weighted by Crippen LogP contribution is -2.60. The zero-order valence-corrected chi connectivity index (χ0v) is 54.6. The third-order valence-corrected chi connectivity index (χ3v) is 16.9. The second-order valence-electron chi connectivity index (χ2n) is 24.9. The standard InChI is InChI=1S/C73H135NO10/c1-3-5-7-9-11-13-14-15-16-35-38-41-45-49-53-57-61-69(78)82-62-58-54-50-46-42-39-36-33-31-29-27-25-23-21-19-17-18-20-22-24-26-28-30-32-34-37-40-44-48-52-56-60-68(77)74-65(66(76)59-55-51-47-43-12-10-8-6-4-2)64-83-73-72(81)71(80)70(79)67(63-75)84-73/h13-14,16,19,21,35,55,59,65-67,70-73,75-76,79-81H,3-12,15,17-18,20,22-34,36-54,56-58,60-64H2,1-2H3,(H,74,77)/b14-13-,21-19-,35-16-,59-55+. The quantitative estimate of drug-likeness (QED) is 0.0195. The highest BCUT2D eigenvalue weighted by Crippen LogP contribution is 2.23. The van der Waals surface area contributed by atoms with Crippen molar-refractivity contribution in [2.45, 2.75) is 384 Å². The van der Waals surface area contributed by atoms with Gasteiger partial charge in [-0.1, -0.05) is 287 Å². The number of carbonyl (C=O) groups excluding carboxylic acids is 2. The summed E-state index contributed by atoms with van der Waals surface area (Å²) in [5.74, 6) is -0.185. The average molecular weight is 1190 g/mol. The van der Waals surface area contributed by atoms with Crippen LogP contribution in [-0.4, -0.2) is 100 Å². The van der Waals surface area contributed by atoms with Gasteiger partial charge in [0.25, 0.3) is 0 Å². The van der Waals surface area contributed by atoms with Gasteiger partial charge in [0.2, 0.25) is 5.91 Å². The molecule has 6 N–H and O–H groups in total. The van der Waals surface area contributed by atoms with Crippen LogP contribution < -0.4 is 5.32 Å². The summed E-state index contributed by atoms with van der Waals surface area (Å²) in [6, 6.07) is -0.807. The van der Waals surface area contributed by atoms with E-state index in [0.717, 1.165) is 64.2 Å². The van der Waals surface area contributed by atoms with E-state index in [4.69, 9.17) is 14.2 Å². The Morgan fingerprint density at radius 2 is 0.798 bits per heavy atom. The topological polar surface area (TPSA) is 175 Å². The van der Waals surface area contributed by atoms with Gasteiger partial charge < -0.3 is 45.1 Å². The second-order valence-corrected chi connectivity index (χ2v) is 24.9. The number of aliphatic hydroxyl groups excluding tert-OH is 5. The molecule has 0 aromatic carbocycles. The smallest absolute Gasteiger partial charge is 0.305 e. The third-order valence-electron chi connectivity index (χ3n) is 16.9. The highest BCUT2D eigenvalue weighted by atomic mass is 16.7. The molecular formula is C73H135NO10. The number of carbonyl (C=O) groups is 2. The number of nitrogens with one attached hydrogen (secondary N) is 1. The van der Waals surface area contributed by atoms with Gasteiger partial charge in [0.05, 0.1) is 32.0 Å². The maximum Gasteiger partial charge on any atom is 0.305 e. The Hall–Kier alpha value is -2.38. The Morgan fingerprint density at radius 1 is 0.440 bits per heavy atom. The molecular weight excluding hydrogens is 1050 g/mol. The number of hydrogen-bond donors (Lipinski definition) is 6. The first-order chi connectivity index (χ1) is 41.2. The lowest BCUT2D eigenvalue weighted by atomic mass is 9.99. The highest BCUT2D eigenvalue weighted by molar-refractivity contribution is 5.76. The molecule has 1 amide bonds. The summed E-state index contributed by atoms with van der Waals surface area (Å²) in [5.41, 5.74) is 0. The molecule has 11 heteroatoms. The molecule has 1 saturated heterocycles. The number of amides is 1. The summed E-state index contributed by atoms with van der Waals surface area (Å²) >= 11 is 0. The maximum absolute atomic E-state index is 13.0. The van der Waals surface area contributed by atoms with E-state index >= 15 is 0 Å². The van der Waals surface area contributed by atoms with Crippen LogP contribution in [0, 0.1) is 0 Å². The lowest BCUT2D eigenvalue weighted by molar-refractivity contribution is -0.302. The molecule has 0 aliphatic carbocycles. The zero-order valence-electron chi connectivity index (χ0n) is 54.6. The van der Waals surface area contributed by atoms with Crippen LogP contribution in [0.1, 0.15) is 341 Å². The van der Waals surface area contributed by atoms with Gasteiger partial charge in [0.15, 0.2) is 6.29 Å². The molecule has 0 spiro atoms. The van der Waals surface area contributed by atoms with E-state index in [9.17, 15) is 35.1 Å². The largest absolute Gasteiger partial charge is 0.466 e. The van der Waals surface area contributed by atoms with Crippen LogP contribution in [0.4, 0.5) is 0 Å². The molecule has 84 heavy (non-hydrogen) atoms. The van der Waals surface area contributed by atoms with Crippen molar-refractivity contribution in [2.24, 2.45) is 0 Å². The van der Waals surface area contributed by atoms with E-state index in [0.29, 0.717) is 19.4 Å². The molecule has 0 aromatic heterocycles. The predicted molar refractivity (Wildman–Crippen MR) is 352 cm³/mol. The third kappa shape index (κ3) is 50.6. The summed E-state index contributed by atoms with van der Waals surface area (Å²) < 4.78 is 16.7. The first-order valence-corrected chi connectivity index (χ1v) is 35.9. The van der Waals surface area contributed by atoms with Gasteiger partial charge in [-0.15, -0.1) is 0 Å². The van der Waals surface area contributed by atoms with E-state index in [1.807, 2.05) is 6.08 Å². The van der Waals surface area contributed by atoms with Crippen molar-refractivity contribution < 1.29 is 49.3 Å². The first kappa shape index (κ1) is 79.6. The number of ether oxygens (including phenoxy) is 3. The van der Waals surface area contributed by atoms with Crippen LogP contribution in [0.2, 0.25) is 0 Å². The van der Waals surface area contributed by atoms with Crippen molar-refractivity contribution >= 4 is 11.9 Å². The molecule has 11 nitrogen and oxygen atoms in total. The summed E-state index contributed by atoms with van der Waals surface area (Å²) in [7, 11) is 0. The van der Waals surface area contributed by atoms with Crippen molar-refractivity contribution in [1.29, 1.82) is 0 Å². The fraction of sp³-hybridized carbons (Fsp3) is 0.863. The molecule has 492 valence electrons. The van der Waals surface area contributed by atoms with Crippen LogP contribution in [0.5, 0.6) is 0 Å². The van der Waals surface area contributed by atoms with Crippen molar-refractivity contribution in [3.05, 3.63) is 48.6 Å². The molecule has 0 saturated carbocycles. The number of aliphatic hydroxyl groups is 5. The maximum atomic E-state index is 13.0. The molecule has 1 heterocycles. The molecule has 0 bridgehead atoms. The predicted octanol–water partition coefficient (Wildman–Crippen LogP) is 18.4.